The highest BCUT2D eigenvalue weighted by atomic mass is 16.5. The van der Waals surface area contributed by atoms with E-state index < -0.39 is 0 Å². The highest BCUT2D eigenvalue weighted by Crippen LogP contribution is 2.54. The number of likely N-dealkylation sites (N-methyl/N-ethyl adjacent to an activating group) is 2. The first kappa shape index (κ1) is 21.9. The summed E-state index contributed by atoms with van der Waals surface area (Å²) in [5, 5.41) is 7.84. The molecule has 7 rings (SSSR count). The topological polar surface area (TPSA) is 15.5 Å². The lowest BCUT2D eigenvalue weighted by Gasteiger charge is -2.28. The van der Waals surface area contributed by atoms with E-state index in [1.165, 1.54) is 54.5 Å². The van der Waals surface area contributed by atoms with Crippen LogP contribution in [0, 0.1) is 0 Å². The average Bonchev–Trinajstić information content (AvgIpc) is 3.32. The minimum absolute atomic E-state index is 0.00972. The highest BCUT2D eigenvalue weighted by molar-refractivity contribution is 6.06. The molecule has 0 fully saturated rings. The summed E-state index contributed by atoms with van der Waals surface area (Å²) in [5.41, 5.74) is 5.35. The van der Waals surface area contributed by atoms with E-state index in [0.717, 1.165) is 37.7 Å². The zero-order valence-corrected chi connectivity index (χ0v) is 22.3. The van der Waals surface area contributed by atoms with Gasteiger partial charge in [-0.25, -0.2) is 4.58 Å². The van der Waals surface area contributed by atoms with Crippen LogP contribution in [0.1, 0.15) is 58.2 Å². The average molecular weight is 476 g/mol. The van der Waals surface area contributed by atoms with E-state index in [2.05, 4.69) is 106 Å². The van der Waals surface area contributed by atoms with Crippen molar-refractivity contribution in [3.63, 3.8) is 0 Å². The molecule has 182 valence electrons. The Labute approximate surface area is 213 Å². The number of fused-ring (bicyclic) bond motifs is 12. The molecular weight excluding hydrogens is 440 g/mol. The Morgan fingerprint density at radius 1 is 0.806 bits per heavy atom. The van der Waals surface area contributed by atoms with Gasteiger partial charge in [-0.3, -0.25) is 0 Å². The van der Waals surface area contributed by atoms with Gasteiger partial charge in [-0.2, -0.15) is 0 Å². The minimum atomic E-state index is 0.00972. The molecule has 0 saturated heterocycles. The van der Waals surface area contributed by atoms with Gasteiger partial charge in [-0.15, -0.1) is 0 Å². The number of hydrogen-bond acceptors (Lipinski definition) is 2. The molecule has 3 heteroatoms. The quantitative estimate of drug-likeness (QED) is 0.298. The maximum absolute atomic E-state index is 7.25. The lowest BCUT2D eigenvalue weighted by molar-refractivity contribution is 0.422. The minimum Gasteiger partial charge on any atom is -0.455 e. The molecule has 36 heavy (non-hydrogen) atoms. The smallest absolute Gasteiger partial charge is 0.215 e. The van der Waals surface area contributed by atoms with Crippen LogP contribution in [0.3, 0.4) is 0 Å². The Bertz CT molecular complexity index is 1740. The van der Waals surface area contributed by atoms with Crippen LogP contribution in [0.4, 0.5) is 5.69 Å². The summed E-state index contributed by atoms with van der Waals surface area (Å²) in [6, 6.07) is 17.8. The lowest BCUT2D eigenvalue weighted by Crippen LogP contribution is -2.30. The van der Waals surface area contributed by atoms with Gasteiger partial charge in [0.25, 0.3) is 0 Å². The summed E-state index contributed by atoms with van der Waals surface area (Å²) < 4.78 is 9.80. The van der Waals surface area contributed by atoms with Crippen molar-refractivity contribution in [1.29, 1.82) is 0 Å². The number of benzene rings is 4. The summed E-state index contributed by atoms with van der Waals surface area (Å²) in [5.74, 6) is 2.14. The lowest BCUT2D eigenvalue weighted by atomic mass is 9.81. The SMILES string of the molecule is CCN1CC(C)(C)c2c3c(c4ccccc4c21)C=c1c(c2c(c4ccccc14)=[N+](CC)CC2(C)C)O3. The van der Waals surface area contributed by atoms with Gasteiger partial charge in [0.15, 0.2) is 6.54 Å². The Morgan fingerprint density at radius 3 is 2.17 bits per heavy atom. The summed E-state index contributed by atoms with van der Waals surface area (Å²) in [7, 11) is 0. The first-order chi connectivity index (χ1) is 17.3. The van der Waals surface area contributed by atoms with Gasteiger partial charge in [0.1, 0.15) is 18.0 Å². The molecular formula is C33H35N2O+. The van der Waals surface area contributed by atoms with Crippen LogP contribution in [0.5, 0.6) is 11.5 Å². The first-order valence-electron chi connectivity index (χ1n) is 13.5. The predicted octanol–water partition coefficient (Wildman–Crippen LogP) is 5.85. The molecule has 0 amide bonds. The molecule has 3 heterocycles. The van der Waals surface area contributed by atoms with Gasteiger partial charge in [0.05, 0.1) is 22.1 Å². The van der Waals surface area contributed by atoms with Gasteiger partial charge in [-0.05, 0) is 50.6 Å². The zero-order valence-electron chi connectivity index (χ0n) is 22.3. The molecule has 0 radical (unpaired) electrons. The van der Waals surface area contributed by atoms with Gasteiger partial charge in [0.2, 0.25) is 5.36 Å². The molecule has 0 aliphatic carbocycles. The molecule has 0 atom stereocenters. The molecule has 0 spiro atoms. The largest absolute Gasteiger partial charge is 0.455 e. The third-order valence-electron chi connectivity index (χ3n) is 8.78. The van der Waals surface area contributed by atoms with E-state index in [4.69, 9.17) is 4.74 Å². The molecule has 3 nitrogen and oxygen atoms in total. The number of hydrogen-bond donors (Lipinski definition) is 0. The van der Waals surface area contributed by atoms with Crippen molar-refractivity contribution in [3.8, 4) is 11.5 Å². The summed E-state index contributed by atoms with van der Waals surface area (Å²) in [6.07, 6.45) is 2.44. The Morgan fingerprint density at radius 2 is 1.47 bits per heavy atom. The number of nitrogens with zero attached hydrogens (tertiary/aromatic N) is 2. The fraction of sp³-hybridized carbons (Fsp3) is 0.364. The van der Waals surface area contributed by atoms with Gasteiger partial charge < -0.3 is 9.64 Å². The summed E-state index contributed by atoms with van der Waals surface area (Å²) >= 11 is 0. The van der Waals surface area contributed by atoms with Crippen LogP contribution in [0.25, 0.3) is 27.6 Å². The van der Waals surface area contributed by atoms with E-state index in [1.807, 2.05) is 0 Å². The number of anilines is 1. The Kier molecular flexibility index (Phi) is 4.34. The van der Waals surface area contributed by atoms with Crippen LogP contribution in [-0.4, -0.2) is 26.2 Å². The highest BCUT2D eigenvalue weighted by Gasteiger charge is 2.44. The standard InChI is InChI=1S/C33H35N2O/c1-7-34-18-32(3,4)26-28(34)22-15-11-9-13-20(22)24-17-25-21-14-10-12-16-23(21)29-27(31(25)36-30(24)26)33(5,6)19-35(29)8-2/h9-17H,7-8,18-19H2,1-6H3/q+1. The predicted molar refractivity (Wildman–Crippen MR) is 151 cm³/mol. The monoisotopic (exact) mass is 475 g/mol. The number of rotatable bonds is 2. The third-order valence-corrected chi connectivity index (χ3v) is 8.78. The molecule has 4 aromatic rings. The second-order valence-corrected chi connectivity index (χ2v) is 12.1. The molecule has 0 bridgehead atoms. The van der Waals surface area contributed by atoms with Crippen LogP contribution < -0.4 is 24.8 Å². The van der Waals surface area contributed by atoms with Crippen LogP contribution >= 0.6 is 0 Å². The Hall–Kier alpha value is -3.33. The van der Waals surface area contributed by atoms with Gasteiger partial charge in [-0.1, -0.05) is 56.3 Å². The van der Waals surface area contributed by atoms with E-state index >= 15 is 0 Å². The fourth-order valence-electron chi connectivity index (χ4n) is 7.32. The molecule has 4 aromatic carbocycles. The van der Waals surface area contributed by atoms with Crippen molar-refractivity contribution in [2.45, 2.75) is 52.4 Å². The van der Waals surface area contributed by atoms with Gasteiger partial charge in [0, 0.05) is 40.2 Å². The zero-order chi connectivity index (χ0) is 25.0. The van der Waals surface area contributed by atoms with Crippen molar-refractivity contribution in [3.05, 3.63) is 75.8 Å². The molecule has 0 unspecified atom stereocenters. The van der Waals surface area contributed by atoms with Crippen molar-refractivity contribution in [2.24, 2.45) is 0 Å². The number of ether oxygens (including phenoxy) is 1. The Balaban J connectivity index is 1.70. The van der Waals surface area contributed by atoms with E-state index in [1.54, 1.807) is 0 Å². The second kappa shape index (κ2) is 7.12. The van der Waals surface area contributed by atoms with E-state index in [-0.39, 0.29) is 10.8 Å². The maximum atomic E-state index is 7.25. The molecule has 0 saturated carbocycles. The maximum Gasteiger partial charge on any atom is 0.215 e. The fourth-order valence-corrected chi connectivity index (χ4v) is 7.32. The second-order valence-electron chi connectivity index (χ2n) is 12.1. The normalized spacial score (nSPS) is 18.5. The van der Waals surface area contributed by atoms with E-state index in [9.17, 15) is 0 Å². The molecule has 3 aliphatic heterocycles. The van der Waals surface area contributed by atoms with Crippen LogP contribution in [0.15, 0.2) is 48.5 Å². The van der Waals surface area contributed by atoms with E-state index in [0.29, 0.717) is 0 Å². The van der Waals surface area contributed by atoms with Crippen LogP contribution in [-0.2, 0) is 10.8 Å². The van der Waals surface area contributed by atoms with Crippen molar-refractivity contribution < 1.29 is 4.74 Å². The molecule has 3 aliphatic rings. The molecule has 0 N–H and O–H groups in total. The van der Waals surface area contributed by atoms with Gasteiger partial charge >= 0.3 is 0 Å². The third kappa shape index (κ3) is 2.66. The first-order valence-corrected chi connectivity index (χ1v) is 13.5. The molecule has 0 aromatic heterocycles. The van der Waals surface area contributed by atoms with Crippen LogP contribution in [0.2, 0.25) is 0 Å². The van der Waals surface area contributed by atoms with Crippen molar-refractivity contribution >= 4 is 33.3 Å². The van der Waals surface area contributed by atoms with Crippen molar-refractivity contribution in [1.82, 2.24) is 4.58 Å². The summed E-state index contributed by atoms with van der Waals surface area (Å²) in [6.45, 7) is 18.1. The summed E-state index contributed by atoms with van der Waals surface area (Å²) in [4.78, 5) is 2.55. The van der Waals surface area contributed by atoms with Crippen molar-refractivity contribution in [2.75, 3.05) is 31.1 Å².